The number of Topliss-reactive ketones (excluding diaryl/α,β-unsaturated/α-hetero) is 1. The molecule has 1 aromatic rings. The highest BCUT2D eigenvalue weighted by Crippen LogP contribution is 2.29. The summed E-state index contributed by atoms with van der Waals surface area (Å²) in [5.74, 6) is -0.0220. The summed E-state index contributed by atoms with van der Waals surface area (Å²) < 4.78 is 0. The smallest absolute Gasteiger partial charge is 0.408 e. The quantitative estimate of drug-likeness (QED) is 0.758. The van der Waals surface area contributed by atoms with Gasteiger partial charge in [0.15, 0.2) is 5.78 Å². The molecule has 78 valence electrons. The van der Waals surface area contributed by atoms with Gasteiger partial charge in [0.1, 0.15) is 0 Å². The highest BCUT2D eigenvalue weighted by molar-refractivity contribution is 5.88. The maximum Gasteiger partial charge on any atom is 0.408 e. The molecule has 0 saturated carbocycles. The van der Waals surface area contributed by atoms with E-state index in [-0.39, 0.29) is 24.8 Å². The van der Waals surface area contributed by atoms with E-state index in [1.807, 2.05) is 30.3 Å². The predicted octanol–water partition coefficient (Wildman–Crippen LogP) is 1.68. The fourth-order valence-corrected chi connectivity index (χ4v) is 1.86. The molecule has 0 spiro atoms. The molecule has 1 fully saturated rings. The van der Waals surface area contributed by atoms with Gasteiger partial charge < -0.3 is 5.11 Å². The number of carboxylic acid groups (broad SMARTS) is 1. The van der Waals surface area contributed by atoms with Gasteiger partial charge in [-0.3, -0.25) is 9.69 Å². The molecule has 1 amide bonds. The Morgan fingerprint density at radius 1 is 1.33 bits per heavy atom. The number of benzene rings is 1. The van der Waals surface area contributed by atoms with Crippen LogP contribution in [0.5, 0.6) is 0 Å². The standard InChI is InChI=1S/C11H11NO3/c13-9-6-10(12(7-9)11(14)15)8-4-2-1-3-5-8/h1-5,10H,6-7H2,(H,14,15)/t10-/m0/s1. The van der Waals surface area contributed by atoms with Crippen LogP contribution >= 0.6 is 0 Å². The van der Waals surface area contributed by atoms with Crippen LogP contribution in [0.1, 0.15) is 18.0 Å². The van der Waals surface area contributed by atoms with Crippen LogP contribution in [-0.2, 0) is 4.79 Å². The molecule has 15 heavy (non-hydrogen) atoms. The second kappa shape index (κ2) is 3.73. The van der Waals surface area contributed by atoms with E-state index >= 15 is 0 Å². The van der Waals surface area contributed by atoms with Crippen molar-refractivity contribution in [3.05, 3.63) is 35.9 Å². The highest BCUT2D eigenvalue weighted by atomic mass is 16.4. The number of hydrogen-bond acceptors (Lipinski definition) is 2. The van der Waals surface area contributed by atoms with Gasteiger partial charge >= 0.3 is 6.09 Å². The monoisotopic (exact) mass is 205 g/mol. The summed E-state index contributed by atoms with van der Waals surface area (Å²) >= 11 is 0. The number of likely N-dealkylation sites (tertiary alicyclic amines) is 1. The maximum absolute atomic E-state index is 11.2. The van der Waals surface area contributed by atoms with Crippen LogP contribution in [0.3, 0.4) is 0 Å². The van der Waals surface area contributed by atoms with Crippen molar-refractivity contribution in [2.45, 2.75) is 12.5 Å². The minimum Gasteiger partial charge on any atom is -0.465 e. The molecule has 2 rings (SSSR count). The molecule has 1 aromatic carbocycles. The molecule has 1 atom stereocenters. The molecule has 1 N–H and O–H groups in total. The van der Waals surface area contributed by atoms with E-state index in [9.17, 15) is 9.59 Å². The summed E-state index contributed by atoms with van der Waals surface area (Å²) in [6.07, 6.45) is -0.745. The number of carbonyl (C=O) groups excluding carboxylic acids is 1. The number of rotatable bonds is 1. The Kier molecular flexibility index (Phi) is 2.41. The summed E-state index contributed by atoms with van der Waals surface area (Å²) in [5, 5.41) is 8.94. The van der Waals surface area contributed by atoms with Crippen LogP contribution in [0, 0.1) is 0 Å². The van der Waals surface area contributed by atoms with E-state index in [0.717, 1.165) is 5.56 Å². The van der Waals surface area contributed by atoms with Gasteiger partial charge in [-0.15, -0.1) is 0 Å². The summed E-state index contributed by atoms with van der Waals surface area (Å²) in [6.45, 7) is 0.00882. The van der Waals surface area contributed by atoms with Gasteiger partial charge in [0.25, 0.3) is 0 Å². The van der Waals surface area contributed by atoms with Crippen molar-refractivity contribution in [1.29, 1.82) is 0 Å². The van der Waals surface area contributed by atoms with Crippen LogP contribution in [0.2, 0.25) is 0 Å². The topological polar surface area (TPSA) is 57.6 Å². The zero-order valence-electron chi connectivity index (χ0n) is 8.09. The SMILES string of the molecule is O=C1C[C@@H](c2ccccc2)N(C(=O)O)C1. The summed E-state index contributed by atoms with van der Waals surface area (Å²) in [5.41, 5.74) is 0.880. The zero-order chi connectivity index (χ0) is 10.8. The number of hydrogen-bond donors (Lipinski definition) is 1. The van der Waals surface area contributed by atoms with Crippen molar-refractivity contribution in [1.82, 2.24) is 4.90 Å². The van der Waals surface area contributed by atoms with Crippen molar-refractivity contribution in [3.63, 3.8) is 0 Å². The third kappa shape index (κ3) is 1.83. The van der Waals surface area contributed by atoms with Crippen molar-refractivity contribution < 1.29 is 14.7 Å². The summed E-state index contributed by atoms with van der Waals surface area (Å²) in [7, 11) is 0. The Bertz CT molecular complexity index is 388. The van der Waals surface area contributed by atoms with Crippen molar-refractivity contribution in [2.75, 3.05) is 6.54 Å². The minimum atomic E-state index is -1.03. The first kappa shape index (κ1) is 9.71. The van der Waals surface area contributed by atoms with Crippen molar-refractivity contribution in [2.24, 2.45) is 0 Å². The first-order chi connectivity index (χ1) is 7.18. The van der Waals surface area contributed by atoms with E-state index in [1.54, 1.807) is 0 Å². The first-order valence-corrected chi connectivity index (χ1v) is 4.74. The van der Waals surface area contributed by atoms with Gasteiger partial charge in [0, 0.05) is 6.42 Å². The molecule has 0 bridgehead atoms. The Labute approximate surface area is 87.1 Å². The molecule has 4 nitrogen and oxygen atoms in total. The van der Waals surface area contributed by atoms with Gasteiger partial charge in [0.2, 0.25) is 0 Å². The molecular weight excluding hydrogens is 194 g/mol. The second-order valence-electron chi connectivity index (χ2n) is 3.58. The average molecular weight is 205 g/mol. The molecule has 0 aliphatic carbocycles. The molecule has 1 aliphatic rings. The van der Waals surface area contributed by atoms with E-state index in [2.05, 4.69) is 0 Å². The summed E-state index contributed by atoms with van der Waals surface area (Å²) in [4.78, 5) is 23.3. The second-order valence-corrected chi connectivity index (χ2v) is 3.58. The minimum absolute atomic E-state index is 0.00882. The highest BCUT2D eigenvalue weighted by Gasteiger charge is 2.34. The van der Waals surface area contributed by atoms with E-state index in [1.165, 1.54) is 4.90 Å². The van der Waals surface area contributed by atoms with E-state index in [4.69, 9.17) is 5.11 Å². The molecule has 0 unspecified atom stereocenters. The number of amides is 1. The molecule has 1 aliphatic heterocycles. The normalized spacial score (nSPS) is 20.7. The molecule has 1 heterocycles. The molecule has 1 saturated heterocycles. The number of carbonyl (C=O) groups is 2. The Balaban J connectivity index is 2.28. The van der Waals surface area contributed by atoms with Crippen LogP contribution < -0.4 is 0 Å². The van der Waals surface area contributed by atoms with Gasteiger partial charge in [-0.1, -0.05) is 30.3 Å². The lowest BCUT2D eigenvalue weighted by atomic mass is 10.0. The van der Waals surface area contributed by atoms with E-state index < -0.39 is 6.09 Å². The van der Waals surface area contributed by atoms with Gasteiger partial charge in [-0.2, -0.15) is 0 Å². The van der Waals surface area contributed by atoms with Crippen molar-refractivity contribution in [3.8, 4) is 0 Å². The van der Waals surface area contributed by atoms with E-state index in [0.29, 0.717) is 0 Å². The Morgan fingerprint density at radius 3 is 2.60 bits per heavy atom. The molecule has 0 radical (unpaired) electrons. The zero-order valence-corrected chi connectivity index (χ0v) is 8.09. The number of ketones is 1. The summed E-state index contributed by atoms with van der Waals surface area (Å²) in [6, 6.07) is 8.94. The van der Waals surface area contributed by atoms with Crippen LogP contribution in [0.15, 0.2) is 30.3 Å². The van der Waals surface area contributed by atoms with Crippen LogP contribution in [-0.4, -0.2) is 28.4 Å². The third-order valence-corrected chi connectivity index (χ3v) is 2.57. The van der Waals surface area contributed by atoms with Gasteiger partial charge in [-0.05, 0) is 5.56 Å². The molecule has 4 heteroatoms. The molecular formula is C11H11NO3. The lowest BCUT2D eigenvalue weighted by molar-refractivity contribution is -0.116. The predicted molar refractivity (Wildman–Crippen MR) is 53.5 cm³/mol. The van der Waals surface area contributed by atoms with Crippen molar-refractivity contribution >= 4 is 11.9 Å². The Hall–Kier alpha value is -1.84. The van der Waals surface area contributed by atoms with Crippen LogP contribution in [0.4, 0.5) is 4.79 Å². The number of nitrogens with zero attached hydrogens (tertiary/aromatic N) is 1. The molecule has 0 aromatic heterocycles. The van der Waals surface area contributed by atoms with Gasteiger partial charge in [0.05, 0.1) is 12.6 Å². The lowest BCUT2D eigenvalue weighted by Gasteiger charge is -2.20. The largest absolute Gasteiger partial charge is 0.465 e. The first-order valence-electron chi connectivity index (χ1n) is 4.74. The third-order valence-electron chi connectivity index (χ3n) is 2.57. The Morgan fingerprint density at radius 2 is 2.00 bits per heavy atom. The average Bonchev–Trinajstić information content (AvgIpc) is 2.62. The fourth-order valence-electron chi connectivity index (χ4n) is 1.86. The van der Waals surface area contributed by atoms with Crippen LogP contribution in [0.25, 0.3) is 0 Å². The maximum atomic E-state index is 11.2. The lowest BCUT2D eigenvalue weighted by Crippen LogP contribution is -2.29. The van der Waals surface area contributed by atoms with Gasteiger partial charge in [-0.25, -0.2) is 4.79 Å². The fraction of sp³-hybridized carbons (Fsp3) is 0.273.